The van der Waals surface area contributed by atoms with E-state index in [0.29, 0.717) is 6.54 Å². The number of nitrogens with one attached hydrogen (secondary N) is 2. The first kappa shape index (κ1) is 17.5. The maximum atomic E-state index is 12.3. The van der Waals surface area contributed by atoms with Crippen molar-refractivity contribution in [3.8, 4) is 0 Å². The van der Waals surface area contributed by atoms with Gasteiger partial charge in [0.1, 0.15) is 0 Å². The standard InChI is InChI=1S/C19H22N2O.ClH/c22-19(17-11-12-20-13-17)21-14-18(15-7-3-1-4-8-15)16-9-5-2-6-10-16;/h1-10,17-18,20H,11-14H2,(H,21,22);1H. The van der Waals surface area contributed by atoms with Crippen LogP contribution in [0.15, 0.2) is 60.7 Å². The van der Waals surface area contributed by atoms with Crippen molar-refractivity contribution >= 4 is 18.3 Å². The zero-order chi connectivity index (χ0) is 15.2. The molecule has 2 N–H and O–H groups in total. The molecule has 4 heteroatoms. The molecule has 0 aliphatic carbocycles. The van der Waals surface area contributed by atoms with Gasteiger partial charge in [-0.1, -0.05) is 60.7 Å². The summed E-state index contributed by atoms with van der Waals surface area (Å²) in [5.74, 6) is 0.481. The van der Waals surface area contributed by atoms with Crippen molar-refractivity contribution in [2.45, 2.75) is 12.3 Å². The van der Waals surface area contributed by atoms with E-state index >= 15 is 0 Å². The number of hydrogen-bond donors (Lipinski definition) is 2. The van der Waals surface area contributed by atoms with Crippen molar-refractivity contribution in [3.63, 3.8) is 0 Å². The maximum Gasteiger partial charge on any atom is 0.224 e. The van der Waals surface area contributed by atoms with E-state index in [4.69, 9.17) is 0 Å². The summed E-state index contributed by atoms with van der Waals surface area (Å²) in [7, 11) is 0. The molecule has 1 unspecified atom stereocenters. The SMILES string of the molecule is Cl.O=C(NCC(c1ccccc1)c1ccccc1)C1CCNC1. The summed E-state index contributed by atoms with van der Waals surface area (Å²) in [4.78, 5) is 12.3. The van der Waals surface area contributed by atoms with Crippen LogP contribution in [-0.4, -0.2) is 25.5 Å². The number of carbonyl (C=O) groups is 1. The van der Waals surface area contributed by atoms with Gasteiger partial charge in [0.05, 0.1) is 5.92 Å². The predicted molar refractivity (Wildman–Crippen MR) is 96.0 cm³/mol. The smallest absolute Gasteiger partial charge is 0.224 e. The number of hydrogen-bond acceptors (Lipinski definition) is 2. The summed E-state index contributed by atoms with van der Waals surface area (Å²) in [6.45, 7) is 2.38. The first-order chi connectivity index (χ1) is 10.8. The van der Waals surface area contributed by atoms with Gasteiger partial charge in [-0.3, -0.25) is 4.79 Å². The molecule has 0 spiro atoms. The number of benzene rings is 2. The number of rotatable bonds is 5. The lowest BCUT2D eigenvalue weighted by Crippen LogP contribution is -2.35. The minimum Gasteiger partial charge on any atom is -0.355 e. The fraction of sp³-hybridized carbons (Fsp3) is 0.316. The molecule has 1 atom stereocenters. The van der Waals surface area contributed by atoms with Gasteiger partial charge in [-0.15, -0.1) is 12.4 Å². The molecular formula is C19H23ClN2O. The van der Waals surface area contributed by atoms with Crippen molar-refractivity contribution < 1.29 is 4.79 Å². The first-order valence-electron chi connectivity index (χ1n) is 7.93. The summed E-state index contributed by atoms with van der Waals surface area (Å²) in [5.41, 5.74) is 2.47. The predicted octanol–water partition coefficient (Wildman–Crippen LogP) is 2.97. The highest BCUT2D eigenvalue weighted by molar-refractivity contribution is 5.85. The Morgan fingerprint density at radius 3 is 2.09 bits per heavy atom. The highest BCUT2D eigenvalue weighted by atomic mass is 35.5. The largest absolute Gasteiger partial charge is 0.355 e. The summed E-state index contributed by atoms with van der Waals surface area (Å²) in [6.07, 6.45) is 0.938. The minimum absolute atomic E-state index is 0. The average Bonchev–Trinajstić information content (AvgIpc) is 3.11. The summed E-state index contributed by atoms with van der Waals surface area (Å²) in [6, 6.07) is 20.7. The fourth-order valence-electron chi connectivity index (χ4n) is 3.02. The lowest BCUT2D eigenvalue weighted by atomic mass is 9.91. The molecule has 1 fully saturated rings. The Balaban J connectivity index is 0.00000192. The number of amides is 1. The Bertz CT molecular complexity index is 558. The molecule has 2 aromatic carbocycles. The molecule has 122 valence electrons. The van der Waals surface area contributed by atoms with Crippen molar-refractivity contribution in [3.05, 3.63) is 71.8 Å². The quantitative estimate of drug-likeness (QED) is 0.885. The van der Waals surface area contributed by atoms with E-state index in [2.05, 4.69) is 34.9 Å². The second kappa shape index (κ2) is 8.70. The van der Waals surface area contributed by atoms with E-state index in [9.17, 15) is 4.79 Å². The van der Waals surface area contributed by atoms with Crippen molar-refractivity contribution in [2.75, 3.05) is 19.6 Å². The van der Waals surface area contributed by atoms with Gasteiger partial charge in [-0.2, -0.15) is 0 Å². The highest BCUT2D eigenvalue weighted by Crippen LogP contribution is 2.23. The monoisotopic (exact) mass is 330 g/mol. The highest BCUT2D eigenvalue weighted by Gasteiger charge is 2.23. The van der Waals surface area contributed by atoms with Crippen LogP contribution in [0.25, 0.3) is 0 Å². The first-order valence-corrected chi connectivity index (χ1v) is 7.93. The molecule has 1 saturated heterocycles. The van der Waals surface area contributed by atoms with Crippen LogP contribution < -0.4 is 10.6 Å². The van der Waals surface area contributed by atoms with E-state index in [1.54, 1.807) is 0 Å². The van der Waals surface area contributed by atoms with E-state index in [1.807, 2.05) is 36.4 Å². The normalized spacial score (nSPS) is 16.8. The molecule has 0 aromatic heterocycles. The molecule has 1 aliphatic rings. The van der Waals surface area contributed by atoms with Crippen LogP contribution in [0.1, 0.15) is 23.5 Å². The van der Waals surface area contributed by atoms with Gasteiger partial charge >= 0.3 is 0 Å². The molecule has 1 heterocycles. The van der Waals surface area contributed by atoms with Crippen LogP contribution in [0.5, 0.6) is 0 Å². The van der Waals surface area contributed by atoms with Crippen LogP contribution in [0.4, 0.5) is 0 Å². The topological polar surface area (TPSA) is 41.1 Å². The average molecular weight is 331 g/mol. The van der Waals surface area contributed by atoms with Crippen LogP contribution >= 0.6 is 12.4 Å². The zero-order valence-corrected chi connectivity index (χ0v) is 13.9. The lowest BCUT2D eigenvalue weighted by molar-refractivity contribution is -0.124. The molecule has 0 bridgehead atoms. The molecule has 3 rings (SSSR count). The van der Waals surface area contributed by atoms with Crippen molar-refractivity contribution in [2.24, 2.45) is 5.92 Å². The Morgan fingerprint density at radius 2 is 1.61 bits per heavy atom. The molecular weight excluding hydrogens is 308 g/mol. The minimum atomic E-state index is 0. The second-order valence-corrected chi connectivity index (χ2v) is 5.81. The Hall–Kier alpha value is -1.84. The molecule has 2 aromatic rings. The van der Waals surface area contributed by atoms with Gasteiger partial charge in [-0.25, -0.2) is 0 Å². The van der Waals surface area contributed by atoms with E-state index in [1.165, 1.54) is 11.1 Å². The van der Waals surface area contributed by atoms with Crippen LogP contribution in [0.2, 0.25) is 0 Å². The Morgan fingerprint density at radius 1 is 1.04 bits per heavy atom. The van der Waals surface area contributed by atoms with Crippen molar-refractivity contribution in [1.29, 1.82) is 0 Å². The van der Waals surface area contributed by atoms with Gasteiger partial charge in [0, 0.05) is 19.0 Å². The van der Waals surface area contributed by atoms with E-state index in [0.717, 1.165) is 19.5 Å². The Kier molecular flexibility index (Phi) is 6.63. The van der Waals surface area contributed by atoms with Gasteiger partial charge in [-0.05, 0) is 24.1 Å². The summed E-state index contributed by atoms with van der Waals surface area (Å²) >= 11 is 0. The number of halogens is 1. The van der Waals surface area contributed by atoms with Crippen LogP contribution in [0.3, 0.4) is 0 Å². The molecule has 1 aliphatic heterocycles. The Labute approximate surface area is 143 Å². The van der Waals surface area contributed by atoms with Gasteiger partial charge in [0.15, 0.2) is 0 Å². The maximum absolute atomic E-state index is 12.3. The number of carbonyl (C=O) groups excluding carboxylic acids is 1. The molecule has 0 saturated carbocycles. The van der Waals surface area contributed by atoms with Crippen LogP contribution in [0, 0.1) is 5.92 Å². The van der Waals surface area contributed by atoms with Gasteiger partial charge in [0.25, 0.3) is 0 Å². The lowest BCUT2D eigenvalue weighted by Gasteiger charge is -2.20. The summed E-state index contributed by atoms with van der Waals surface area (Å²) < 4.78 is 0. The van der Waals surface area contributed by atoms with E-state index in [-0.39, 0.29) is 30.2 Å². The molecule has 1 amide bonds. The molecule has 3 nitrogen and oxygen atoms in total. The van der Waals surface area contributed by atoms with Gasteiger partial charge < -0.3 is 10.6 Å². The third-order valence-electron chi connectivity index (χ3n) is 4.32. The van der Waals surface area contributed by atoms with Gasteiger partial charge in [0.2, 0.25) is 5.91 Å². The van der Waals surface area contributed by atoms with Crippen LogP contribution in [-0.2, 0) is 4.79 Å². The van der Waals surface area contributed by atoms with Crippen molar-refractivity contribution in [1.82, 2.24) is 10.6 Å². The van der Waals surface area contributed by atoms with E-state index < -0.39 is 0 Å². The molecule has 0 radical (unpaired) electrons. The third-order valence-corrected chi connectivity index (χ3v) is 4.32. The fourth-order valence-corrected chi connectivity index (χ4v) is 3.02. The molecule has 23 heavy (non-hydrogen) atoms. The third kappa shape index (κ3) is 4.57. The second-order valence-electron chi connectivity index (χ2n) is 5.81. The summed E-state index contributed by atoms with van der Waals surface area (Å²) in [5, 5.41) is 6.39. The zero-order valence-electron chi connectivity index (χ0n) is 13.1.